The molecule has 0 aliphatic carbocycles. The summed E-state index contributed by atoms with van der Waals surface area (Å²) in [6, 6.07) is 12.0. The fourth-order valence-corrected chi connectivity index (χ4v) is 3.74. The lowest BCUT2D eigenvalue weighted by Gasteiger charge is -2.07. The van der Waals surface area contributed by atoms with Gasteiger partial charge in [-0.15, -0.1) is 0 Å². The molecule has 27 heavy (non-hydrogen) atoms. The Kier molecular flexibility index (Phi) is 4.77. The van der Waals surface area contributed by atoms with Crippen LogP contribution in [0.3, 0.4) is 0 Å². The molecular formula is C19H17N7S. The fourth-order valence-electron chi connectivity index (χ4n) is 2.74. The molecule has 8 heteroatoms. The second-order valence-electron chi connectivity index (χ2n) is 6.01. The van der Waals surface area contributed by atoms with Gasteiger partial charge in [0.25, 0.3) is 0 Å². The maximum atomic E-state index is 9.68. The lowest BCUT2D eigenvalue weighted by atomic mass is 10.2. The summed E-state index contributed by atoms with van der Waals surface area (Å²) in [5.41, 5.74) is 3.11. The Bertz CT molecular complexity index is 1020. The number of anilines is 2. The van der Waals surface area contributed by atoms with E-state index in [0.29, 0.717) is 23.8 Å². The molecule has 0 atom stereocenters. The molecule has 134 valence electrons. The molecule has 0 bridgehead atoms. The summed E-state index contributed by atoms with van der Waals surface area (Å²) >= 11 is 1.54. The van der Waals surface area contributed by atoms with E-state index >= 15 is 0 Å². The highest BCUT2D eigenvalue weighted by molar-refractivity contribution is 8.04. The Labute approximate surface area is 161 Å². The van der Waals surface area contributed by atoms with E-state index in [4.69, 9.17) is 0 Å². The SMILES string of the molecule is Cn1cnc(CCNc2nccc(/C(C#N)=C3\Nc4ccccc4S3)n2)c1. The predicted molar refractivity (Wildman–Crippen MR) is 106 cm³/mol. The van der Waals surface area contributed by atoms with Crippen LogP contribution in [-0.4, -0.2) is 26.1 Å². The second-order valence-corrected chi connectivity index (χ2v) is 7.06. The predicted octanol–water partition coefficient (Wildman–Crippen LogP) is 3.27. The van der Waals surface area contributed by atoms with E-state index < -0.39 is 0 Å². The Morgan fingerprint density at radius 3 is 2.96 bits per heavy atom. The van der Waals surface area contributed by atoms with Crippen molar-refractivity contribution in [1.29, 1.82) is 5.26 Å². The first kappa shape index (κ1) is 17.1. The van der Waals surface area contributed by atoms with Gasteiger partial charge < -0.3 is 15.2 Å². The van der Waals surface area contributed by atoms with Crippen LogP contribution in [0.2, 0.25) is 0 Å². The van der Waals surface area contributed by atoms with Crippen molar-refractivity contribution in [2.45, 2.75) is 11.3 Å². The van der Waals surface area contributed by atoms with Crippen LogP contribution in [0.5, 0.6) is 0 Å². The molecule has 0 saturated carbocycles. The number of hydrogen-bond donors (Lipinski definition) is 2. The molecule has 3 aromatic rings. The highest BCUT2D eigenvalue weighted by Gasteiger charge is 2.20. The minimum Gasteiger partial charge on any atom is -0.354 e. The lowest BCUT2D eigenvalue weighted by Crippen LogP contribution is -2.09. The number of thioether (sulfide) groups is 1. The number of rotatable bonds is 5. The molecule has 1 aliphatic rings. The number of nitrogens with one attached hydrogen (secondary N) is 2. The zero-order chi connectivity index (χ0) is 18.6. The van der Waals surface area contributed by atoms with Crippen molar-refractivity contribution in [2.75, 3.05) is 17.2 Å². The van der Waals surface area contributed by atoms with E-state index in [1.165, 1.54) is 0 Å². The first-order valence-corrected chi connectivity index (χ1v) is 9.27. The number of allylic oxidation sites excluding steroid dienone is 1. The third-order valence-corrected chi connectivity index (χ3v) is 5.11. The number of nitriles is 1. The van der Waals surface area contributed by atoms with Gasteiger partial charge in [0, 0.05) is 37.3 Å². The second kappa shape index (κ2) is 7.51. The number of para-hydroxylation sites is 1. The van der Waals surface area contributed by atoms with E-state index in [1.807, 2.05) is 42.1 Å². The number of imidazole rings is 1. The summed E-state index contributed by atoms with van der Waals surface area (Å²) < 4.78 is 1.92. The molecular weight excluding hydrogens is 358 g/mol. The van der Waals surface area contributed by atoms with Crippen LogP contribution in [0.15, 0.2) is 59.0 Å². The van der Waals surface area contributed by atoms with E-state index in [2.05, 4.69) is 31.7 Å². The highest BCUT2D eigenvalue weighted by atomic mass is 32.2. The van der Waals surface area contributed by atoms with Crippen molar-refractivity contribution in [1.82, 2.24) is 19.5 Å². The highest BCUT2D eigenvalue weighted by Crippen LogP contribution is 2.43. The van der Waals surface area contributed by atoms with Crippen LogP contribution >= 0.6 is 11.8 Å². The van der Waals surface area contributed by atoms with Gasteiger partial charge in [0.15, 0.2) is 0 Å². The van der Waals surface area contributed by atoms with Gasteiger partial charge in [-0.3, -0.25) is 0 Å². The molecule has 0 unspecified atom stereocenters. The summed E-state index contributed by atoms with van der Waals surface area (Å²) in [5, 5.41) is 17.0. The molecule has 2 aromatic heterocycles. The van der Waals surface area contributed by atoms with Gasteiger partial charge in [-0.1, -0.05) is 23.9 Å². The summed E-state index contributed by atoms with van der Waals surface area (Å²) in [6.07, 6.45) is 6.20. The van der Waals surface area contributed by atoms with E-state index in [0.717, 1.165) is 27.7 Å². The van der Waals surface area contributed by atoms with E-state index in [-0.39, 0.29) is 0 Å². The van der Waals surface area contributed by atoms with Crippen LogP contribution in [0.25, 0.3) is 5.57 Å². The number of hydrogen-bond acceptors (Lipinski definition) is 7. The summed E-state index contributed by atoms with van der Waals surface area (Å²) in [4.78, 5) is 14.2. The quantitative estimate of drug-likeness (QED) is 0.661. The summed E-state index contributed by atoms with van der Waals surface area (Å²) in [5.74, 6) is 0.497. The Hall–Kier alpha value is -3.31. The van der Waals surface area contributed by atoms with Gasteiger partial charge in [0.05, 0.1) is 28.4 Å². The largest absolute Gasteiger partial charge is 0.354 e. The zero-order valence-corrected chi connectivity index (χ0v) is 15.5. The molecule has 0 amide bonds. The van der Waals surface area contributed by atoms with Crippen molar-refractivity contribution < 1.29 is 0 Å². The molecule has 0 saturated heterocycles. The normalized spacial score (nSPS) is 14.2. The van der Waals surface area contributed by atoms with Crippen molar-refractivity contribution in [3.05, 3.63) is 65.5 Å². The van der Waals surface area contributed by atoms with Gasteiger partial charge in [-0.05, 0) is 18.2 Å². The third-order valence-electron chi connectivity index (χ3n) is 4.02. The smallest absolute Gasteiger partial charge is 0.223 e. The van der Waals surface area contributed by atoms with Gasteiger partial charge in [0.2, 0.25) is 5.95 Å². The molecule has 0 radical (unpaired) electrons. The number of aromatic nitrogens is 4. The monoisotopic (exact) mass is 375 g/mol. The average Bonchev–Trinajstić information content (AvgIpc) is 3.29. The number of aryl methyl sites for hydroxylation is 1. The van der Waals surface area contributed by atoms with Crippen LogP contribution in [0.1, 0.15) is 11.4 Å². The molecule has 0 spiro atoms. The number of benzene rings is 1. The summed E-state index contributed by atoms with van der Waals surface area (Å²) in [6.45, 7) is 0.664. The van der Waals surface area contributed by atoms with Gasteiger partial charge in [-0.25, -0.2) is 15.0 Å². The van der Waals surface area contributed by atoms with E-state index in [1.54, 1.807) is 30.4 Å². The zero-order valence-electron chi connectivity index (χ0n) is 14.7. The fraction of sp³-hybridized carbons (Fsp3) is 0.158. The Balaban J connectivity index is 1.49. The van der Waals surface area contributed by atoms with Crippen LogP contribution in [0.4, 0.5) is 11.6 Å². The Morgan fingerprint density at radius 2 is 2.19 bits per heavy atom. The molecule has 3 heterocycles. The summed E-state index contributed by atoms with van der Waals surface area (Å²) in [7, 11) is 1.95. The molecule has 1 aromatic carbocycles. The van der Waals surface area contributed by atoms with Gasteiger partial charge >= 0.3 is 0 Å². The first-order chi connectivity index (χ1) is 13.2. The topological polar surface area (TPSA) is 91.5 Å². The lowest BCUT2D eigenvalue weighted by molar-refractivity contribution is 0.909. The first-order valence-electron chi connectivity index (χ1n) is 8.45. The maximum absolute atomic E-state index is 9.68. The molecule has 4 rings (SSSR count). The van der Waals surface area contributed by atoms with Crippen LogP contribution in [0, 0.1) is 11.3 Å². The minimum atomic E-state index is 0.497. The molecule has 7 nitrogen and oxygen atoms in total. The standard InChI is InChI=1S/C19H17N7S/c1-26-11-13(23-12-26)6-8-21-19-22-9-7-15(25-19)14(10-20)18-24-16-4-2-3-5-17(16)27-18/h2-5,7,9,11-12,24H,6,8H2,1H3,(H,21,22,25)/b18-14+. The van der Waals surface area contributed by atoms with Crippen molar-refractivity contribution >= 4 is 29.0 Å². The molecule has 2 N–H and O–H groups in total. The average molecular weight is 375 g/mol. The van der Waals surface area contributed by atoms with Crippen LogP contribution < -0.4 is 10.6 Å². The minimum absolute atomic E-state index is 0.497. The number of fused-ring (bicyclic) bond motifs is 1. The van der Waals surface area contributed by atoms with Gasteiger partial charge in [-0.2, -0.15) is 5.26 Å². The van der Waals surface area contributed by atoms with Gasteiger partial charge in [0.1, 0.15) is 11.6 Å². The van der Waals surface area contributed by atoms with Crippen molar-refractivity contribution in [3.63, 3.8) is 0 Å². The van der Waals surface area contributed by atoms with Crippen molar-refractivity contribution in [3.8, 4) is 6.07 Å². The van der Waals surface area contributed by atoms with E-state index in [9.17, 15) is 5.26 Å². The Morgan fingerprint density at radius 1 is 1.30 bits per heavy atom. The maximum Gasteiger partial charge on any atom is 0.223 e. The van der Waals surface area contributed by atoms with Crippen LogP contribution in [-0.2, 0) is 13.5 Å². The number of nitrogens with zero attached hydrogens (tertiary/aromatic N) is 5. The molecule has 1 aliphatic heterocycles. The van der Waals surface area contributed by atoms with Crippen molar-refractivity contribution in [2.24, 2.45) is 7.05 Å². The third kappa shape index (κ3) is 3.78. The molecule has 0 fully saturated rings.